The summed E-state index contributed by atoms with van der Waals surface area (Å²) in [7, 11) is 0. The molecule has 0 bridgehead atoms. The summed E-state index contributed by atoms with van der Waals surface area (Å²) in [5, 5.41) is 0. The van der Waals surface area contributed by atoms with Crippen molar-refractivity contribution in [1.82, 2.24) is 0 Å². The van der Waals surface area contributed by atoms with Crippen LogP contribution in [-0.4, -0.2) is 6.16 Å². The van der Waals surface area contributed by atoms with Gasteiger partial charge in [-0.25, -0.2) is 0 Å². The topological polar surface area (TPSA) is 0 Å². The van der Waals surface area contributed by atoms with Crippen LogP contribution in [0.15, 0.2) is 0 Å². The molecule has 0 unspecified atom stereocenters. The van der Waals surface area contributed by atoms with E-state index < -0.39 is 0 Å². The third-order valence-corrected chi connectivity index (χ3v) is 3.09. The van der Waals surface area contributed by atoms with Crippen LogP contribution in [0.3, 0.4) is 0 Å². The van der Waals surface area contributed by atoms with Crippen LogP contribution in [-0.2, 0) is 18.7 Å². The van der Waals surface area contributed by atoms with Gasteiger partial charge in [0.2, 0.25) is 0 Å². The Morgan fingerprint density at radius 1 is 1.67 bits per heavy atom. The van der Waals surface area contributed by atoms with Crippen LogP contribution in [0.25, 0.3) is 0 Å². The van der Waals surface area contributed by atoms with E-state index in [1.165, 1.54) is 19.0 Å². The third kappa shape index (κ3) is 5.09. The van der Waals surface area contributed by atoms with E-state index in [2.05, 4.69) is 25.6 Å². The average molecular weight is 198 g/mol. The van der Waals surface area contributed by atoms with Gasteiger partial charge in [0, 0.05) is 0 Å². The second-order valence-corrected chi connectivity index (χ2v) is 4.72. The molecular formula is C4H12PPd. The molecule has 0 fully saturated rings. The maximum atomic E-state index is 3.27. The van der Waals surface area contributed by atoms with Crippen molar-refractivity contribution in [2.24, 2.45) is 0 Å². The molecule has 43 valence electrons. The minimum absolute atomic E-state index is 0.253. The molecule has 0 aliphatic carbocycles. The summed E-state index contributed by atoms with van der Waals surface area (Å²) in [6.45, 7) is 2.49. The first kappa shape index (κ1) is 7.09. The van der Waals surface area contributed by atoms with Crippen molar-refractivity contribution < 1.29 is 18.7 Å². The zero-order valence-electron chi connectivity index (χ0n) is 4.14. The fourth-order valence-corrected chi connectivity index (χ4v) is 2.15. The van der Waals surface area contributed by atoms with E-state index in [1.54, 1.807) is 0 Å². The number of hydrogen-bond acceptors (Lipinski definition) is 0. The quantitative estimate of drug-likeness (QED) is 0.364. The summed E-state index contributed by atoms with van der Waals surface area (Å²) >= 11 is 3.27. The first-order valence-electron chi connectivity index (χ1n) is 2.43. The molecule has 0 aliphatic heterocycles. The van der Waals surface area contributed by atoms with Crippen molar-refractivity contribution in [2.45, 2.75) is 19.8 Å². The second-order valence-electron chi connectivity index (χ2n) is 1.37. The zero-order chi connectivity index (χ0) is 4.83. The summed E-state index contributed by atoms with van der Waals surface area (Å²) in [5.41, 5.74) is 0. The molecular weight excluding hydrogens is 185 g/mol. The standard InChI is InChI=1S/C4H11P.Pd/c1-2-3-4-5;/h2-5H2,1H3;/q;-1/p+1. The van der Waals surface area contributed by atoms with E-state index in [0.29, 0.717) is 0 Å². The van der Waals surface area contributed by atoms with Gasteiger partial charge in [0.1, 0.15) is 0 Å². The van der Waals surface area contributed by atoms with E-state index >= 15 is 0 Å². The zero-order valence-corrected chi connectivity index (χ0v) is 7.11. The van der Waals surface area contributed by atoms with Gasteiger partial charge in [-0.15, -0.1) is 0 Å². The number of rotatable bonds is 3. The fourth-order valence-electron chi connectivity index (χ4n) is 0.329. The van der Waals surface area contributed by atoms with E-state index in [1.807, 2.05) is 0 Å². The van der Waals surface area contributed by atoms with Crippen molar-refractivity contribution in [3.05, 3.63) is 0 Å². The SMILES string of the molecule is CCCC[PH3][Pd]. The summed E-state index contributed by atoms with van der Waals surface area (Å²) in [6, 6.07) is 0. The molecule has 0 aromatic heterocycles. The summed E-state index contributed by atoms with van der Waals surface area (Å²) in [4.78, 5) is 0. The molecule has 0 aromatic rings. The van der Waals surface area contributed by atoms with Gasteiger partial charge in [-0.2, -0.15) is 0 Å². The third-order valence-electron chi connectivity index (χ3n) is 0.715. The van der Waals surface area contributed by atoms with Gasteiger partial charge in [-0.3, -0.25) is 0 Å². The van der Waals surface area contributed by atoms with Crippen LogP contribution in [0, 0.1) is 0 Å². The summed E-state index contributed by atoms with van der Waals surface area (Å²) < 4.78 is 0. The predicted molar refractivity (Wildman–Crippen MR) is 30.9 cm³/mol. The molecule has 0 nitrogen and oxygen atoms in total. The van der Waals surface area contributed by atoms with Crippen LogP contribution in [0.4, 0.5) is 0 Å². The Labute approximate surface area is 51.8 Å². The average Bonchev–Trinajstić information content (AvgIpc) is 1.61. The van der Waals surface area contributed by atoms with Gasteiger partial charge in [-0.1, -0.05) is 0 Å². The number of unbranched alkanes of at least 4 members (excludes halogenated alkanes) is 1. The van der Waals surface area contributed by atoms with Crippen LogP contribution in [0.2, 0.25) is 0 Å². The number of hydrogen-bond donors (Lipinski definition) is 0. The Kier molecular flexibility index (Phi) is 7.20. The predicted octanol–water partition coefficient (Wildman–Crippen LogP) is 1.39. The van der Waals surface area contributed by atoms with E-state index in [9.17, 15) is 0 Å². The van der Waals surface area contributed by atoms with E-state index in [0.717, 1.165) is 0 Å². The molecule has 0 atom stereocenters. The van der Waals surface area contributed by atoms with Crippen molar-refractivity contribution in [3.8, 4) is 0 Å². The summed E-state index contributed by atoms with van der Waals surface area (Å²) in [5.74, 6) is 0. The van der Waals surface area contributed by atoms with Crippen LogP contribution >= 0.6 is 6.77 Å². The van der Waals surface area contributed by atoms with Crippen LogP contribution in [0.1, 0.15) is 19.8 Å². The van der Waals surface area contributed by atoms with Crippen LogP contribution in [0.5, 0.6) is 0 Å². The van der Waals surface area contributed by atoms with Crippen LogP contribution < -0.4 is 0 Å². The monoisotopic (exact) mass is 197 g/mol. The Balaban J connectivity index is 2.34. The van der Waals surface area contributed by atoms with Gasteiger partial charge >= 0.3 is 51.4 Å². The molecule has 0 aromatic carbocycles. The molecule has 0 amide bonds. The first-order chi connectivity index (χ1) is 2.91. The van der Waals surface area contributed by atoms with Crippen molar-refractivity contribution >= 4 is 6.77 Å². The van der Waals surface area contributed by atoms with E-state index in [-0.39, 0.29) is 6.77 Å². The molecule has 0 heterocycles. The Morgan fingerprint density at radius 3 is 2.50 bits per heavy atom. The Bertz CT molecular complexity index is 19.5. The molecule has 0 spiro atoms. The van der Waals surface area contributed by atoms with E-state index in [4.69, 9.17) is 0 Å². The minimum atomic E-state index is 0.253. The molecule has 0 rings (SSSR count). The van der Waals surface area contributed by atoms with Gasteiger partial charge in [-0.05, 0) is 0 Å². The molecule has 0 saturated carbocycles. The van der Waals surface area contributed by atoms with Gasteiger partial charge in [0.15, 0.2) is 0 Å². The second kappa shape index (κ2) is 6.09. The Hall–Kier alpha value is 1.09. The van der Waals surface area contributed by atoms with Crippen molar-refractivity contribution in [3.63, 3.8) is 0 Å². The van der Waals surface area contributed by atoms with Gasteiger partial charge in [0.05, 0.1) is 0 Å². The molecule has 0 N–H and O–H groups in total. The maximum absolute atomic E-state index is 3.27. The first-order valence-corrected chi connectivity index (χ1v) is 7.18. The Morgan fingerprint density at radius 2 is 2.33 bits per heavy atom. The molecule has 0 aliphatic rings. The summed E-state index contributed by atoms with van der Waals surface area (Å²) in [6.07, 6.45) is 4.29. The molecule has 6 heavy (non-hydrogen) atoms. The van der Waals surface area contributed by atoms with Crippen molar-refractivity contribution in [1.29, 1.82) is 0 Å². The molecule has 2 heteroatoms. The van der Waals surface area contributed by atoms with Gasteiger partial charge < -0.3 is 0 Å². The normalized spacial score (nSPS) is 9.83. The molecule has 0 radical (unpaired) electrons. The molecule has 0 saturated heterocycles. The van der Waals surface area contributed by atoms with Gasteiger partial charge in [0.25, 0.3) is 0 Å². The van der Waals surface area contributed by atoms with Crippen molar-refractivity contribution in [2.75, 3.05) is 6.16 Å². The fraction of sp³-hybridized carbons (Fsp3) is 1.00.